The Bertz CT molecular complexity index is 344. The average molecular weight is 204 g/mol. The molecule has 15 heavy (non-hydrogen) atoms. The normalized spacial score (nSPS) is 16.7. The van der Waals surface area contributed by atoms with Gasteiger partial charge in [-0.15, -0.1) is 0 Å². The summed E-state index contributed by atoms with van der Waals surface area (Å²) in [5.41, 5.74) is 0. The Balaban J connectivity index is 1.76. The lowest BCUT2D eigenvalue weighted by Gasteiger charge is -2.14. The van der Waals surface area contributed by atoms with Crippen LogP contribution >= 0.6 is 0 Å². The highest BCUT2D eigenvalue weighted by Gasteiger charge is 2.10. The largest absolute Gasteiger partial charge is 0.323 e. The molecule has 2 rings (SSSR count). The fourth-order valence-electron chi connectivity index (χ4n) is 2.07. The molecule has 0 radical (unpaired) electrons. The van der Waals surface area contributed by atoms with E-state index in [1.165, 1.54) is 25.9 Å². The number of rotatable bonds is 4. The van der Waals surface area contributed by atoms with Crippen LogP contribution in [0.3, 0.4) is 0 Å². The van der Waals surface area contributed by atoms with Gasteiger partial charge in [-0.3, -0.25) is 0 Å². The van der Waals surface area contributed by atoms with E-state index in [9.17, 15) is 0 Å². The van der Waals surface area contributed by atoms with Crippen molar-refractivity contribution in [1.82, 2.24) is 14.5 Å². The molecule has 4 nitrogen and oxygen atoms in total. The van der Waals surface area contributed by atoms with Crippen LogP contribution in [0.4, 0.5) is 0 Å². The highest BCUT2D eigenvalue weighted by molar-refractivity contribution is 5.10. The molecule has 1 aromatic rings. The molecule has 1 aliphatic heterocycles. The van der Waals surface area contributed by atoms with E-state index < -0.39 is 0 Å². The summed E-state index contributed by atoms with van der Waals surface area (Å²) in [4.78, 5) is 6.46. The van der Waals surface area contributed by atoms with Crippen molar-refractivity contribution in [3.8, 4) is 6.07 Å². The zero-order valence-electron chi connectivity index (χ0n) is 8.89. The van der Waals surface area contributed by atoms with Gasteiger partial charge in [0.1, 0.15) is 6.07 Å². The quantitative estimate of drug-likeness (QED) is 0.741. The van der Waals surface area contributed by atoms with Crippen LogP contribution in [0.2, 0.25) is 0 Å². The summed E-state index contributed by atoms with van der Waals surface area (Å²) in [6.07, 6.45) is 7.35. The monoisotopic (exact) mass is 204 g/mol. The molecule has 0 bridgehead atoms. The van der Waals surface area contributed by atoms with Gasteiger partial charge < -0.3 is 9.47 Å². The lowest BCUT2D eigenvalue weighted by atomic mass is 10.4. The van der Waals surface area contributed by atoms with E-state index >= 15 is 0 Å². The zero-order chi connectivity index (χ0) is 10.5. The lowest BCUT2D eigenvalue weighted by Crippen LogP contribution is -2.21. The number of aromatic nitrogens is 2. The molecular formula is C11H16N4. The van der Waals surface area contributed by atoms with Crippen LogP contribution in [0.5, 0.6) is 0 Å². The first-order valence-electron chi connectivity index (χ1n) is 5.54. The van der Waals surface area contributed by atoms with Crippen molar-refractivity contribution < 1.29 is 0 Å². The van der Waals surface area contributed by atoms with Crippen LogP contribution in [-0.4, -0.2) is 34.1 Å². The van der Waals surface area contributed by atoms with Gasteiger partial charge in [0.25, 0.3) is 0 Å². The predicted molar refractivity (Wildman–Crippen MR) is 57.2 cm³/mol. The summed E-state index contributed by atoms with van der Waals surface area (Å²) in [6, 6.07) is 2.09. The molecule has 0 amide bonds. The number of nitriles is 1. The molecule has 0 aliphatic carbocycles. The van der Waals surface area contributed by atoms with Gasteiger partial charge in [-0.2, -0.15) is 5.26 Å². The molecule has 1 aromatic heterocycles. The van der Waals surface area contributed by atoms with Gasteiger partial charge in [0.05, 0.1) is 0 Å². The summed E-state index contributed by atoms with van der Waals surface area (Å²) >= 11 is 0. The van der Waals surface area contributed by atoms with Crippen molar-refractivity contribution in [2.24, 2.45) is 0 Å². The van der Waals surface area contributed by atoms with E-state index in [1.807, 2.05) is 10.8 Å². The number of aryl methyl sites for hydroxylation is 1. The number of imidazole rings is 1. The van der Waals surface area contributed by atoms with Crippen molar-refractivity contribution in [2.45, 2.75) is 25.8 Å². The molecule has 1 aliphatic rings. The first kappa shape index (κ1) is 10.2. The van der Waals surface area contributed by atoms with E-state index in [4.69, 9.17) is 5.26 Å². The van der Waals surface area contributed by atoms with Crippen LogP contribution in [0, 0.1) is 11.3 Å². The molecule has 1 saturated heterocycles. The van der Waals surface area contributed by atoms with Crippen LogP contribution in [0.25, 0.3) is 0 Å². The summed E-state index contributed by atoms with van der Waals surface area (Å²) in [7, 11) is 0. The molecule has 4 heteroatoms. The van der Waals surface area contributed by atoms with Crippen molar-refractivity contribution in [2.75, 3.05) is 19.6 Å². The number of nitrogens with zero attached hydrogens (tertiary/aromatic N) is 4. The molecule has 0 atom stereocenters. The maximum atomic E-state index is 8.77. The highest BCUT2D eigenvalue weighted by Crippen LogP contribution is 2.08. The number of hydrogen-bond donors (Lipinski definition) is 0. The van der Waals surface area contributed by atoms with Gasteiger partial charge in [0, 0.05) is 18.9 Å². The Morgan fingerprint density at radius 1 is 1.33 bits per heavy atom. The maximum Gasteiger partial charge on any atom is 0.212 e. The van der Waals surface area contributed by atoms with Gasteiger partial charge in [0.2, 0.25) is 5.82 Å². The van der Waals surface area contributed by atoms with E-state index in [0.717, 1.165) is 19.5 Å². The van der Waals surface area contributed by atoms with Gasteiger partial charge in [-0.1, -0.05) is 0 Å². The van der Waals surface area contributed by atoms with Crippen LogP contribution < -0.4 is 0 Å². The second-order valence-electron chi connectivity index (χ2n) is 3.96. The average Bonchev–Trinajstić information content (AvgIpc) is 2.88. The molecule has 2 heterocycles. The summed E-state index contributed by atoms with van der Waals surface area (Å²) in [5, 5.41) is 8.77. The lowest BCUT2D eigenvalue weighted by molar-refractivity contribution is 0.325. The van der Waals surface area contributed by atoms with Crippen molar-refractivity contribution in [1.29, 1.82) is 5.26 Å². The fraction of sp³-hybridized carbons (Fsp3) is 0.636. The van der Waals surface area contributed by atoms with Gasteiger partial charge >= 0.3 is 0 Å². The van der Waals surface area contributed by atoms with Crippen LogP contribution in [0.15, 0.2) is 12.4 Å². The van der Waals surface area contributed by atoms with Gasteiger partial charge in [-0.25, -0.2) is 4.98 Å². The van der Waals surface area contributed by atoms with Crippen molar-refractivity contribution in [3.63, 3.8) is 0 Å². The number of hydrogen-bond acceptors (Lipinski definition) is 3. The Morgan fingerprint density at radius 2 is 2.13 bits per heavy atom. The first-order chi connectivity index (χ1) is 7.40. The third-order valence-corrected chi connectivity index (χ3v) is 2.89. The van der Waals surface area contributed by atoms with E-state index in [0.29, 0.717) is 5.82 Å². The predicted octanol–water partition coefficient (Wildman–Crippen LogP) is 1.24. The minimum absolute atomic E-state index is 0.524. The molecule has 0 N–H and O–H groups in total. The Morgan fingerprint density at radius 3 is 2.87 bits per heavy atom. The Labute approximate surface area is 90.1 Å². The third-order valence-electron chi connectivity index (χ3n) is 2.89. The minimum Gasteiger partial charge on any atom is -0.323 e. The Hall–Kier alpha value is -1.34. The standard InChI is InChI=1S/C11H16N4/c12-10-11-13-4-9-15(11)8-3-7-14-5-1-2-6-14/h4,9H,1-3,5-8H2. The second kappa shape index (κ2) is 4.94. The molecule has 1 fully saturated rings. The molecule has 0 spiro atoms. The molecule has 80 valence electrons. The fourth-order valence-corrected chi connectivity index (χ4v) is 2.07. The minimum atomic E-state index is 0.524. The molecule has 0 aromatic carbocycles. The van der Waals surface area contributed by atoms with Crippen molar-refractivity contribution >= 4 is 0 Å². The van der Waals surface area contributed by atoms with E-state index in [-0.39, 0.29) is 0 Å². The maximum absolute atomic E-state index is 8.77. The molecule has 0 unspecified atom stereocenters. The van der Waals surface area contributed by atoms with E-state index in [2.05, 4.69) is 16.0 Å². The highest BCUT2D eigenvalue weighted by atomic mass is 15.1. The first-order valence-corrected chi connectivity index (χ1v) is 5.54. The molecule has 0 saturated carbocycles. The van der Waals surface area contributed by atoms with Gasteiger partial charge in [-0.05, 0) is 38.9 Å². The van der Waals surface area contributed by atoms with Crippen molar-refractivity contribution in [3.05, 3.63) is 18.2 Å². The smallest absolute Gasteiger partial charge is 0.212 e. The zero-order valence-corrected chi connectivity index (χ0v) is 8.89. The Kier molecular flexibility index (Phi) is 3.36. The molecular weight excluding hydrogens is 188 g/mol. The van der Waals surface area contributed by atoms with Crippen LogP contribution in [0.1, 0.15) is 25.1 Å². The second-order valence-corrected chi connectivity index (χ2v) is 3.96. The third kappa shape index (κ3) is 2.57. The topological polar surface area (TPSA) is 44.9 Å². The SMILES string of the molecule is N#Cc1nccn1CCCN1CCCC1. The summed E-state index contributed by atoms with van der Waals surface area (Å²) in [6.45, 7) is 4.53. The van der Waals surface area contributed by atoms with Crippen LogP contribution in [-0.2, 0) is 6.54 Å². The summed E-state index contributed by atoms with van der Waals surface area (Å²) < 4.78 is 1.93. The van der Waals surface area contributed by atoms with Gasteiger partial charge in [0.15, 0.2) is 0 Å². The number of likely N-dealkylation sites (tertiary alicyclic amines) is 1. The van der Waals surface area contributed by atoms with E-state index in [1.54, 1.807) is 6.20 Å². The summed E-state index contributed by atoms with van der Waals surface area (Å²) in [5.74, 6) is 0.524.